The van der Waals surface area contributed by atoms with Crippen molar-refractivity contribution >= 4 is 27.8 Å². The first-order chi connectivity index (χ1) is 7.41. The van der Waals surface area contributed by atoms with E-state index >= 15 is 0 Å². The Morgan fingerprint density at radius 3 is 2.62 bits per heavy atom. The average molecular weight is 290 g/mol. The van der Waals surface area contributed by atoms with Crippen molar-refractivity contribution in [1.82, 2.24) is 5.32 Å². The topological polar surface area (TPSA) is 66.4 Å². The molecule has 0 saturated carbocycles. The van der Waals surface area contributed by atoms with E-state index in [4.69, 9.17) is 5.11 Å². The van der Waals surface area contributed by atoms with Gasteiger partial charge in [-0.05, 0) is 41.1 Å². The summed E-state index contributed by atoms with van der Waals surface area (Å²) in [5.74, 6) is -2.17. The predicted molar refractivity (Wildman–Crippen MR) is 58.7 cm³/mol. The molecule has 6 heteroatoms. The van der Waals surface area contributed by atoms with Crippen molar-refractivity contribution in [3.63, 3.8) is 0 Å². The highest BCUT2D eigenvalue weighted by Crippen LogP contribution is 2.16. The first-order valence-corrected chi connectivity index (χ1v) is 5.20. The van der Waals surface area contributed by atoms with Crippen LogP contribution in [0.5, 0.6) is 0 Å². The highest BCUT2D eigenvalue weighted by Gasteiger charge is 2.15. The number of hydrogen-bond acceptors (Lipinski definition) is 2. The average Bonchev–Trinajstić information content (AvgIpc) is 2.21. The molecular formula is C10H9BrFNO3. The van der Waals surface area contributed by atoms with Crippen LogP contribution in [0.1, 0.15) is 17.3 Å². The molecule has 1 amide bonds. The van der Waals surface area contributed by atoms with Gasteiger partial charge in [-0.25, -0.2) is 4.39 Å². The SMILES string of the molecule is CC(NC(=O)c1ccc(F)c(Br)c1)C(=O)O. The Kier molecular flexibility index (Phi) is 4.00. The maximum Gasteiger partial charge on any atom is 0.325 e. The van der Waals surface area contributed by atoms with E-state index in [2.05, 4.69) is 21.2 Å². The van der Waals surface area contributed by atoms with Gasteiger partial charge in [0.25, 0.3) is 5.91 Å². The molecule has 1 aromatic carbocycles. The van der Waals surface area contributed by atoms with E-state index in [1.54, 1.807) is 0 Å². The quantitative estimate of drug-likeness (QED) is 0.892. The maximum atomic E-state index is 12.9. The molecule has 0 heterocycles. The molecule has 2 N–H and O–H groups in total. The molecule has 4 nitrogen and oxygen atoms in total. The number of nitrogens with one attached hydrogen (secondary N) is 1. The number of carboxylic acids is 1. The second-order valence-corrected chi connectivity index (χ2v) is 4.02. The van der Waals surface area contributed by atoms with Crippen LogP contribution >= 0.6 is 15.9 Å². The third kappa shape index (κ3) is 3.03. The van der Waals surface area contributed by atoms with Crippen LogP contribution in [-0.4, -0.2) is 23.0 Å². The summed E-state index contributed by atoms with van der Waals surface area (Å²) in [6, 6.07) is 2.71. The summed E-state index contributed by atoms with van der Waals surface area (Å²) in [6.07, 6.45) is 0. The van der Waals surface area contributed by atoms with Gasteiger partial charge in [-0.3, -0.25) is 9.59 Å². The minimum atomic E-state index is -1.13. The number of halogens is 2. The van der Waals surface area contributed by atoms with Crippen LogP contribution < -0.4 is 5.32 Å². The van der Waals surface area contributed by atoms with E-state index in [0.29, 0.717) is 0 Å². The summed E-state index contributed by atoms with van der Waals surface area (Å²) in [4.78, 5) is 22.0. The standard InChI is InChI=1S/C10H9BrFNO3/c1-5(10(15)16)13-9(14)6-2-3-8(12)7(11)4-6/h2-5H,1H3,(H,13,14)(H,15,16). The molecule has 0 saturated heterocycles. The Balaban J connectivity index is 2.81. The monoisotopic (exact) mass is 289 g/mol. The van der Waals surface area contributed by atoms with Crippen LogP contribution in [0.2, 0.25) is 0 Å². The van der Waals surface area contributed by atoms with Crippen molar-refractivity contribution in [1.29, 1.82) is 0 Å². The van der Waals surface area contributed by atoms with Gasteiger partial charge in [0.15, 0.2) is 0 Å². The number of carbonyl (C=O) groups is 2. The van der Waals surface area contributed by atoms with Gasteiger partial charge in [0.2, 0.25) is 0 Å². The fourth-order valence-corrected chi connectivity index (χ4v) is 1.36. The second-order valence-electron chi connectivity index (χ2n) is 3.16. The molecule has 0 fully saturated rings. The lowest BCUT2D eigenvalue weighted by atomic mass is 10.2. The molecule has 1 aromatic rings. The molecule has 1 rings (SSSR count). The van der Waals surface area contributed by atoms with Crippen molar-refractivity contribution in [2.24, 2.45) is 0 Å². The molecule has 0 radical (unpaired) electrons. The van der Waals surface area contributed by atoms with E-state index < -0.39 is 23.7 Å². The lowest BCUT2D eigenvalue weighted by molar-refractivity contribution is -0.138. The van der Waals surface area contributed by atoms with E-state index in [0.717, 1.165) is 6.07 Å². The zero-order valence-electron chi connectivity index (χ0n) is 8.33. The number of benzene rings is 1. The minimum absolute atomic E-state index is 0.156. The van der Waals surface area contributed by atoms with Crippen molar-refractivity contribution in [3.8, 4) is 0 Å². The Hall–Kier alpha value is -1.43. The largest absolute Gasteiger partial charge is 0.480 e. The smallest absolute Gasteiger partial charge is 0.325 e. The van der Waals surface area contributed by atoms with Gasteiger partial charge in [0.1, 0.15) is 11.9 Å². The highest BCUT2D eigenvalue weighted by molar-refractivity contribution is 9.10. The first-order valence-electron chi connectivity index (χ1n) is 4.40. The van der Waals surface area contributed by atoms with Gasteiger partial charge >= 0.3 is 5.97 Å². The molecule has 16 heavy (non-hydrogen) atoms. The van der Waals surface area contributed by atoms with Crippen molar-refractivity contribution in [3.05, 3.63) is 34.1 Å². The third-order valence-electron chi connectivity index (χ3n) is 1.90. The van der Waals surface area contributed by atoms with E-state index in [1.807, 2.05) is 0 Å². The lowest BCUT2D eigenvalue weighted by Gasteiger charge is -2.09. The molecule has 0 aromatic heterocycles. The Morgan fingerprint density at radius 1 is 1.50 bits per heavy atom. The Bertz CT molecular complexity index is 436. The summed E-state index contributed by atoms with van der Waals surface area (Å²) >= 11 is 2.94. The molecule has 1 unspecified atom stereocenters. The van der Waals surface area contributed by atoms with E-state index in [9.17, 15) is 14.0 Å². The van der Waals surface area contributed by atoms with Gasteiger partial charge in [-0.1, -0.05) is 0 Å². The van der Waals surface area contributed by atoms with E-state index in [-0.39, 0.29) is 10.0 Å². The van der Waals surface area contributed by atoms with Gasteiger partial charge in [0.05, 0.1) is 4.47 Å². The molecule has 0 aliphatic rings. The summed E-state index contributed by atoms with van der Waals surface area (Å²) < 4.78 is 13.0. The van der Waals surface area contributed by atoms with Crippen LogP contribution in [0, 0.1) is 5.82 Å². The van der Waals surface area contributed by atoms with Crippen LogP contribution in [0.15, 0.2) is 22.7 Å². The highest BCUT2D eigenvalue weighted by atomic mass is 79.9. The second kappa shape index (κ2) is 5.07. The van der Waals surface area contributed by atoms with Gasteiger partial charge in [-0.2, -0.15) is 0 Å². The summed E-state index contributed by atoms with van der Waals surface area (Å²) in [7, 11) is 0. The van der Waals surface area contributed by atoms with Crippen molar-refractivity contribution in [2.75, 3.05) is 0 Å². The molecule has 0 spiro atoms. The van der Waals surface area contributed by atoms with Gasteiger partial charge < -0.3 is 10.4 Å². The normalized spacial score (nSPS) is 11.9. The van der Waals surface area contributed by atoms with E-state index in [1.165, 1.54) is 19.1 Å². The maximum absolute atomic E-state index is 12.9. The molecule has 0 aliphatic carbocycles. The fraction of sp³-hybridized carbons (Fsp3) is 0.200. The number of carbonyl (C=O) groups excluding carboxylic acids is 1. The lowest BCUT2D eigenvalue weighted by Crippen LogP contribution is -2.38. The van der Waals surface area contributed by atoms with Crippen LogP contribution in [0.3, 0.4) is 0 Å². The zero-order chi connectivity index (χ0) is 12.3. The summed E-state index contributed by atoms with van der Waals surface area (Å²) in [6.45, 7) is 1.35. The van der Waals surface area contributed by atoms with Gasteiger partial charge in [0, 0.05) is 5.56 Å². The third-order valence-corrected chi connectivity index (χ3v) is 2.51. The van der Waals surface area contributed by atoms with Crippen LogP contribution in [0.25, 0.3) is 0 Å². The van der Waals surface area contributed by atoms with Crippen LogP contribution in [-0.2, 0) is 4.79 Å². The molecule has 1 atom stereocenters. The van der Waals surface area contributed by atoms with Crippen molar-refractivity contribution < 1.29 is 19.1 Å². The predicted octanol–water partition coefficient (Wildman–Crippen LogP) is 1.79. The fourth-order valence-electron chi connectivity index (χ4n) is 0.979. The number of rotatable bonds is 3. The first kappa shape index (κ1) is 12.6. The summed E-state index contributed by atoms with van der Waals surface area (Å²) in [5.41, 5.74) is 0.196. The van der Waals surface area contributed by atoms with Crippen molar-refractivity contribution in [2.45, 2.75) is 13.0 Å². The Morgan fingerprint density at radius 2 is 2.12 bits per heavy atom. The molecule has 0 bridgehead atoms. The summed E-state index contributed by atoms with van der Waals surface area (Å²) in [5, 5.41) is 10.9. The minimum Gasteiger partial charge on any atom is -0.480 e. The van der Waals surface area contributed by atoms with Gasteiger partial charge in [-0.15, -0.1) is 0 Å². The van der Waals surface area contributed by atoms with Crippen LogP contribution in [0.4, 0.5) is 4.39 Å². The number of amides is 1. The Labute approximate surface area is 99.6 Å². The molecule has 0 aliphatic heterocycles. The molecule has 86 valence electrons. The zero-order valence-corrected chi connectivity index (χ0v) is 9.92. The molecular weight excluding hydrogens is 281 g/mol. The number of carboxylic acid groups (broad SMARTS) is 1. The number of aliphatic carboxylic acids is 1. The number of hydrogen-bond donors (Lipinski definition) is 2.